The van der Waals surface area contributed by atoms with Crippen LogP contribution in [-0.4, -0.2) is 38.1 Å². The third kappa shape index (κ3) is 6.07. The van der Waals surface area contributed by atoms with Gasteiger partial charge in [0.1, 0.15) is 5.75 Å². The second-order valence-electron chi connectivity index (χ2n) is 4.23. The van der Waals surface area contributed by atoms with Crippen molar-refractivity contribution in [2.45, 2.75) is 18.9 Å². The Kier molecular flexibility index (Phi) is 7.52. The van der Waals surface area contributed by atoms with Crippen LogP contribution >= 0.6 is 15.9 Å². The van der Waals surface area contributed by atoms with Crippen molar-refractivity contribution in [3.8, 4) is 5.75 Å². The monoisotopic (exact) mass is 329 g/mol. The third-order valence-corrected chi connectivity index (χ3v) is 3.15. The molecule has 0 heterocycles. The smallest absolute Gasteiger partial charge is 0.224 e. The Balaban J connectivity index is 2.53. The molecule has 1 N–H and O–H groups in total. The zero-order chi connectivity index (χ0) is 14.1. The van der Waals surface area contributed by atoms with Gasteiger partial charge in [0.05, 0.1) is 26.2 Å². The van der Waals surface area contributed by atoms with Crippen molar-refractivity contribution in [1.29, 1.82) is 0 Å². The zero-order valence-electron chi connectivity index (χ0n) is 11.3. The maximum atomic E-state index is 11.9. The molecule has 5 heteroatoms. The lowest BCUT2D eigenvalue weighted by atomic mass is 10.1. The SMILES string of the molecule is COCC(CCBr)NC(=O)Cc1cccc(OC)c1. The molecule has 1 amide bonds. The first-order valence-corrected chi connectivity index (χ1v) is 7.29. The van der Waals surface area contributed by atoms with E-state index in [0.29, 0.717) is 13.0 Å². The van der Waals surface area contributed by atoms with E-state index in [4.69, 9.17) is 9.47 Å². The number of rotatable bonds is 8. The van der Waals surface area contributed by atoms with E-state index in [2.05, 4.69) is 21.2 Å². The number of benzene rings is 1. The minimum absolute atomic E-state index is 0.00347. The van der Waals surface area contributed by atoms with Gasteiger partial charge in [0.25, 0.3) is 0 Å². The maximum Gasteiger partial charge on any atom is 0.224 e. The van der Waals surface area contributed by atoms with Crippen LogP contribution in [0.15, 0.2) is 24.3 Å². The van der Waals surface area contributed by atoms with Gasteiger partial charge < -0.3 is 14.8 Å². The fourth-order valence-electron chi connectivity index (χ4n) is 1.78. The van der Waals surface area contributed by atoms with Gasteiger partial charge in [0.2, 0.25) is 5.91 Å². The topological polar surface area (TPSA) is 47.6 Å². The van der Waals surface area contributed by atoms with Gasteiger partial charge in [0, 0.05) is 12.4 Å². The third-order valence-electron chi connectivity index (χ3n) is 2.69. The van der Waals surface area contributed by atoms with Crippen molar-refractivity contribution in [1.82, 2.24) is 5.32 Å². The average Bonchev–Trinajstić information content (AvgIpc) is 2.39. The maximum absolute atomic E-state index is 11.9. The highest BCUT2D eigenvalue weighted by Crippen LogP contribution is 2.13. The summed E-state index contributed by atoms with van der Waals surface area (Å²) in [5.41, 5.74) is 0.937. The second kappa shape index (κ2) is 8.93. The van der Waals surface area contributed by atoms with Crippen molar-refractivity contribution in [2.75, 3.05) is 26.2 Å². The van der Waals surface area contributed by atoms with Gasteiger partial charge in [-0.1, -0.05) is 28.1 Å². The van der Waals surface area contributed by atoms with Crippen LogP contribution in [0.4, 0.5) is 0 Å². The highest BCUT2D eigenvalue weighted by Gasteiger charge is 2.12. The summed E-state index contributed by atoms with van der Waals surface area (Å²) >= 11 is 3.37. The number of ether oxygens (including phenoxy) is 2. The first-order valence-electron chi connectivity index (χ1n) is 6.16. The molecule has 0 aliphatic rings. The molecule has 0 saturated heterocycles. The molecule has 106 valence electrons. The quantitative estimate of drug-likeness (QED) is 0.743. The van der Waals surface area contributed by atoms with E-state index in [-0.39, 0.29) is 11.9 Å². The minimum Gasteiger partial charge on any atom is -0.497 e. The summed E-state index contributed by atoms with van der Waals surface area (Å²) < 4.78 is 10.2. The number of halogens is 1. The molecular weight excluding hydrogens is 310 g/mol. The lowest BCUT2D eigenvalue weighted by Crippen LogP contribution is -2.39. The van der Waals surface area contributed by atoms with Crippen molar-refractivity contribution in [3.63, 3.8) is 0 Å². The fraction of sp³-hybridized carbons (Fsp3) is 0.500. The molecule has 1 aromatic carbocycles. The van der Waals surface area contributed by atoms with Gasteiger partial charge in [-0.3, -0.25) is 4.79 Å². The van der Waals surface area contributed by atoms with Crippen molar-refractivity contribution in [2.24, 2.45) is 0 Å². The van der Waals surface area contributed by atoms with Crippen LogP contribution in [0.25, 0.3) is 0 Å². The summed E-state index contributed by atoms with van der Waals surface area (Å²) in [7, 11) is 3.25. The number of hydrogen-bond donors (Lipinski definition) is 1. The molecule has 0 aliphatic carbocycles. The summed E-state index contributed by atoms with van der Waals surface area (Å²) in [4.78, 5) is 11.9. The number of carbonyl (C=O) groups is 1. The summed E-state index contributed by atoms with van der Waals surface area (Å²) in [6.07, 6.45) is 1.19. The van der Waals surface area contributed by atoms with Gasteiger partial charge in [-0.05, 0) is 24.1 Å². The lowest BCUT2D eigenvalue weighted by molar-refractivity contribution is -0.121. The standard InChI is InChI=1S/C14H20BrNO3/c1-18-10-12(6-7-15)16-14(17)9-11-4-3-5-13(8-11)19-2/h3-5,8,12H,6-7,9-10H2,1-2H3,(H,16,17). The highest BCUT2D eigenvalue weighted by atomic mass is 79.9. The van der Waals surface area contributed by atoms with Gasteiger partial charge >= 0.3 is 0 Å². The van der Waals surface area contributed by atoms with Crippen molar-refractivity contribution in [3.05, 3.63) is 29.8 Å². The Labute approximate surface area is 122 Å². The van der Waals surface area contributed by atoms with Crippen LogP contribution in [0.2, 0.25) is 0 Å². The molecule has 1 aromatic rings. The van der Waals surface area contributed by atoms with Crippen LogP contribution in [0.5, 0.6) is 5.75 Å². The van der Waals surface area contributed by atoms with Crippen LogP contribution in [0.3, 0.4) is 0 Å². The number of alkyl halides is 1. The van der Waals surface area contributed by atoms with Crippen LogP contribution < -0.4 is 10.1 Å². The summed E-state index contributed by atoms with van der Waals surface area (Å²) in [5.74, 6) is 0.760. The first-order chi connectivity index (χ1) is 9.19. The molecule has 1 rings (SSSR count). The molecule has 0 radical (unpaired) electrons. The van der Waals surface area contributed by atoms with Crippen LogP contribution in [-0.2, 0) is 16.0 Å². The molecule has 0 spiro atoms. The van der Waals surface area contributed by atoms with Crippen molar-refractivity contribution < 1.29 is 14.3 Å². The molecule has 19 heavy (non-hydrogen) atoms. The normalized spacial score (nSPS) is 11.9. The van der Waals surface area contributed by atoms with E-state index in [0.717, 1.165) is 23.1 Å². The molecule has 0 fully saturated rings. The molecule has 0 bridgehead atoms. The molecule has 1 atom stereocenters. The predicted molar refractivity (Wildman–Crippen MR) is 78.9 cm³/mol. The zero-order valence-corrected chi connectivity index (χ0v) is 12.9. The Morgan fingerprint density at radius 2 is 2.21 bits per heavy atom. The first kappa shape index (κ1) is 16.0. The van der Waals surface area contributed by atoms with Gasteiger partial charge in [-0.2, -0.15) is 0 Å². The van der Waals surface area contributed by atoms with Gasteiger partial charge in [-0.15, -0.1) is 0 Å². The lowest BCUT2D eigenvalue weighted by Gasteiger charge is -2.16. The number of nitrogens with one attached hydrogen (secondary N) is 1. The number of methoxy groups -OCH3 is 2. The van der Waals surface area contributed by atoms with Crippen LogP contribution in [0.1, 0.15) is 12.0 Å². The second-order valence-corrected chi connectivity index (χ2v) is 5.02. The molecular formula is C14H20BrNO3. The van der Waals surface area contributed by atoms with Gasteiger partial charge in [0.15, 0.2) is 0 Å². The molecule has 0 aromatic heterocycles. The van der Waals surface area contributed by atoms with Gasteiger partial charge in [-0.25, -0.2) is 0 Å². The summed E-state index contributed by atoms with van der Waals surface area (Å²) in [6.45, 7) is 0.523. The van der Waals surface area contributed by atoms with E-state index in [1.807, 2.05) is 24.3 Å². The molecule has 0 aliphatic heterocycles. The van der Waals surface area contributed by atoms with E-state index >= 15 is 0 Å². The van der Waals surface area contributed by atoms with E-state index in [1.54, 1.807) is 14.2 Å². The summed E-state index contributed by atoms with van der Waals surface area (Å²) in [5, 5.41) is 3.80. The van der Waals surface area contributed by atoms with Crippen molar-refractivity contribution >= 4 is 21.8 Å². The Hall–Kier alpha value is -1.07. The van der Waals surface area contributed by atoms with E-state index in [9.17, 15) is 4.79 Å². The average molecular weight is 330 g/mol. The summed E-state index contributed by atoms with van der Waals surface area (Å²) in [6, 6.07) is 7.57. The van der Waals surface area contributed by atoms with E-state index in [1.165, 1.54) is 0 Å². The van der Waals surface area contributed by atoms with E-state index < -0.39 is 0 Å². The number of carbonyl (C=O) groups excluding carboxylic acids is 1. The largest absolute Gasteiger partial charge is 0.497 e. The predicted octanol–water partition coefficient (Wildman–Crippen LogP) is 2.15. The fourth-order valence-corrected chi connectivity index (χ4v) is 2.33. The number of hydrogen-bond acceptors (Lipinski definition) is 3. The highest BCUT2D eigenvalue weighted by molar-refractivity contribution is 9.09. The number of amides is 1. The Morgan fingerprint density at radius 3 is 2.84 bits per heavy atom. The molecule has 0 saturated carbocycles. The molecule has 1 unspecified atom stereocenters. The Bertz CT molecular complexity index is 392. The Morgan fingerprint density at radius 1 is 1.42 bits per heavy atom. The van der Waals surface area contributed by atoms with Crippen LogP contribution in [0, 0.1) is 0 Å². The minimum atomic E-state index is -0.00347. The molecule has 4 nitrogen and oxygen atoms in total.